The quantitative estimate of drug-likeness (QED) is 0.538. The molecule has 1 heteroatoms. The van der Waals surface area contributed by atoms with Gasteiger partial charge in [-0.25, -0.2) is 0 Å². The van der Waals surface area contributed by atoms with Gasteiger partial charge in [-0.05, 0) is 30.0 Å². The maximum absolute atomic E-state index is 5.28. The minimum Gasteiger partial charge on any atom is -0.144 e. The second kappa shape index (κ2) is 2.14. The van der Waals surface area contributed by atoms with E-state index < -0.39 is 0 Å². The molecule has 0 unspecified atom stereocenters. The molecule has 0 bridgehead atoms. The monoisotopic (exact) mass is 123 g/mol. The molecule has 1 heterocycles. The predicted octanol–water partition coefficient (Wildman–Crippen LogP) is 2.50. The minimum absolute atomic E-state index is 1.17. The molecule has 1 radical (unpaired) electrons. The summed E-state index contributed by atoms with van der Waals surface area (Å²) in [6, 6.07) is 2.06. The predicted molar refractivity (Wildman–Crippen MR) is 37.8 cm³/mol. The Morgan fingerprint density at radius 3 is 2.75 bits per heavy atom. The fourth-order valence-corrected chi connectivity index (χ4v) is 1.31. The summed E-state index contributed by atoms with van der Waals surface area (Å²) in [7, 11) is 0. The van der Waals surface area contributed by atoms with Crippen molar-refractivity contribution >= 4 is 17.4 Å². The lowest BCUT2D eigenvalue weighted by Gasteiger charge is -1.82. The van der Waals surface area contributed by atoms with Crippen LogP contribution in [0.5, 0.6) is 0 Å². The van der Waals surface area contributed by atoms with E-state index >= 15 is 0 Å². The average molecular weight is 123 g/mol. The molecule has 0 atom stereocenters. The van der Waals surface area contributed by atoms with Gasteiger partial charge in [0.25, 0.3) is 0 Å². The first-order valence-corrected chi connectivity index (χ1v) is 3.31. The number of aryl methyl sites for hydroxylation is 1. The number of hydrogen-bond acceptors (Lipinski definition) is 1. The lowest BCUT2D eigenvalue weighted by atomic mass is 10.3. The summed E-state index contributed by atoms with van der Waals surface area (Å²) < 4.78 is 0. The van der Waals surface area contributed by atoms with Crippen LogP contribution in [0.15, 0.2) is 11.4 Å². The van der Waals surface area contributed by atoms with Crippen molar-refractivity contribution in [3.8, 4) is 0 Å². The molecule has 1 aromatic rings. The second-order valence-corrected chi connectivity index (χ2v) is 2.58. The van der Waals surface area contributed by atoms with E-state index in [1.165, 1.54) is 10.4 Å². The van der Waals surface area contributed by atoms with E-state index in [1.807, 2.05) is 5.38 Å². The third-order valence-electron chi connectivity index (χ3n) is 1.05. The Morgan fingerprint density at radius 2 is 2.50 bits per heavy atom. The van der Waals surface area contributed by atoms with Crippen molar-refractivity contribution in [2.45, 2.75) is 6.92 Å². The Labute approximate surface area is 53.5 Å². The molecule has 1 rings (SSSR count). The van der Waals surface area contributed by atoms with Crippen LogP contribution >= 0.6 is 11.3 Å². The maximum Gasteiger partial charge on any atom is 0.0299 e. The third-order valence-corrected chi connectivity index (χ3v) is 2.04. The van der Waals surface area contributed by atoms with Gasteiger partial charge in [-0.1, -0.05) is 6.58 Å². The summed E-state index contributed by atoms with van der Waals surface area (Å²) in [5, 5.41) is 2.04. The van der Waals surface area contributed by atoms with Gasteiger partial charge in [0.05, 0.1) is 0 Å². The summed E-state index contributed by atoms with van der Waals surface area (Å²) in [6.45, 7) is 7.33. The van der Waals surface area contributed by atoms with Crippen molar-refractivity contribution in [3.63, 3.8) is 0 Å². The zero-order chi connectivity index (χ0) is 5.98. The molecule has 0 aliphatic rings. The summed E-state index contributed by atoms with van der Waals surface area (Å²) in [5.41, 5.74) is 1.26. The third kappa shape index (κ3) is 0.819. The largest absolute Gasteiger partial charge is 0.144 e. The topological polar surface area (TPSA) is 0 Å². The standard InChI is InChI=1S/C7H7S/c1-3-7-6(2)4-5-8-7/h1,3-5H,2H3. The SMILES string of the molecule is [CH]=Cc1sccc1C. The van der Waals surface area contributed by atoms with Crippen LogP contribution in [0, 0.1) is 13.5 Å². The Balaban J connectivity index is 3.09. The van der Waals surface area contributed by atoms with Crippen LogP contribution in [-0.4, -0.2) is 0 Å². The van der Waals surface area contributed by atoms with Crippen molar-refractivity contribution in [1.29, 1.82) is 0 Å². The molecule has 0 N–H and O–H groups in total. The van der Waals surface area contributed by atoms with Gasteiger partial charge in [-0.2, -0.15) is 0 Å². The van der Waals surface area contributed by atoms with Crippen LogP contribution in [0.4, 0.5) is 0 Å². The molecule has 8 heavy (non-hydrogen) atoms. The smallest absolute Gasteiger partial charge is 0.0299 e. The first-order valence-electron chi connectivity index (χ1n) is 2.43. The van der Waals surface area contributed by atoms with E-state index in [4.69, 9.17) is 6.58 Å². The van der Waals surface area contributed by atoms with Gasteiger partial charge < -0.3 is 0 Å². The van der Waals surface area contributed by atoms with Crippen molar-refractivity contribution in [1.82, 2.24) is 0 Å². The summed E-state index contributed by atoms with van der Waals surface area (Å²) >= 11 is 1.67. The Hall–Kier alpha value is -0.560. The number of hydrogen-bond donors (Lipinski definition) is 0. The van der Waals surface area contributed by atoms with Crippen LogP contribution in [-0.2, 0) is 0 Å². The van der Waals surface area contributed by atoms with Gasteiger partial charge in [-0.3, -0.25) is 0 Å². The fraction of sp³-hybridized carbons (Fsp3) is 0.143. The van der Waals surface area contributed by atoms with Gasteiger partial charge in [0.15, 0.2) is 0 Å². The van der Waals surface area contributed by atoms with E-state index in [1.54, 1.807) is 17.4 Å². The molecular weight excluding hydrogens is 116 g/mol. The van der Waals surface area contributed by atoms with Gasteiger partial charge in [0.1, 0.15) is 0 Å². The van der Waals surface area contributed by atoms with E-state index in [0.29, 0.717) is 0 Å². The molecule has 0 saturated heterocycles. The van der Waals surface area contributed by atoms with E-state index in [2.05, 4.69) is 13.0 Å². The molecule has 1 aromatic heterocycles. The van der Waals surface area contributed by atoms with E-state index in [-0.39, 0.29) is 0 Å². The molecule has 0 nitrogen and oxygen atoms in total. The highest BCUT2D eigenvalue weighted by Gasteiger charge is 1.90. The molecule has 0 amide bonds. The first kappa shape index (κ1) is 5.57. The molecule has 0 saturated carbocycles. The van der Waals surface area contributed by atoms with Crippen molar-refractivity contribution < 1.29 is 0 Å². The lowest BCUT2D eigenvalue weighted by molar-refractivity contribution is 1.54. The Kier molecular flexibility index (Phi) is 1.49. The molecule has 0 aliphatic carbocycles. The van der Waals surface area contributed by atoms with Gasteiger partial charge in [-0.15, -0.1) is 11.3 Å². The van der Waals surface area contributed by atoms with Crippen LogP contribution in [0.2, 0.25) is 0 Å². The highest BCUT2D eigenvalue weighted by atomic mass is 32.1. The summed E-state index contributed by atoms with van der Waals surface area (Å²) in [4.78, 5) is 1.17. The van der Waals surface area contributed by atoms with Crippen LogP contribution < -0.4 is 0 Å². The lowest BCUT2D eigenvalue weighted by Crippen LogP contribution is -1.62. The number of thiophene rings is 1. The minimum atomic E-state index is 1.17. The number of rotatable bonds is 1. The van der Waals surface area contributed by atoms with Gasteiger partial charge >= 0.3 is 0 Å². The van der Waals surface area contributed by atoms with Crippen LogP contribution in [0.25, 0.3) is 6.08 Å². The molecule has 0 aliphatic heterocycles. The molecule has 41 valence electrons. The van der Waals surface area contributed by atoms with Gasteiger partial charge in [0.2, 0.25) is 0 Å². The first-order chi connectivity index (χ1) is 3.84. The zero-order valence-corrected chi connectivity index (χ0v) is 5.53. The second-order valence-electron chi connectivity index (χ2n) is 1.63. The average Bonchev–Trinajstić information content (AvgIpc) is 2.14. The van der Waals surface area contributed by atoms with E-state index in [9.17, 15) is 0 Å². The Morgan fingerprint density at radius 1 is 1.75 bits per heavy atom. The zero-order valence-electron chi connectivity index (χ0n) is 4.72. The van der Waals surface area contributed by atoms with Crippen LogP contribution in [0.3, 0.4) is 0 Å². The molecule has 0 spiro atoms. The highest BCUT2D eigenvalue weighted by molar-refractivity contribution is 7.11. The fourth-order valence-electron chi connectivity index (χ4n) is 0.555. The Bertz CT molecular complexity index is 186. The van der Waals surface area contributed by atoms with E-state index in [0.717, 1.165) is 0 Å². The van der Waals surface area contributed by atoms with Crippen LogP contribution in [0.1, 0.15) is 10.4 Å². The molecular formula is C7H7S. The normalized spacial score (nSPS) is 9.12. The van der Waals surface area contributed by atoms with Gasteiger partial charge in [0, 0.05) is 4.88 Å². The van der Waals surface area contributed by atoms with Crippen molar-refractivity contribution in [2.75, 3.05) is 0 Å². The molecule has 0 aromatic carbocycles. The molecule has 0 fully saturated rings. The maximum atomic E-state index is 5.28. The highest BCUT2D eigenvalue weighted by Crippen LogP contribution is 2.15. The van der Waals surface area contributed by atoms with Crippen molar-refractivity contribution in [2.24, 2.45) is 0 Å². The summed E-state index contributed by atoms with van der Waals surface area (Å²) in [5.74, 6) is 0. The van der Waals surface area contributed by atoms with Crippen molar-refractivity contribution in [3.05, 3.63) is 28.5 Å². The summed E-state index contributed by atoms with van der Waals surface area (Å²) in [6.07, 6.45) is 1.64.